The first-order valence-electron chi connectivity index (χ1n) is 5.81. The lowest BCUT2D eigenvalue weighted by atomic mass is 10.2. The number of aryl methyl sites for hydroxylation is 1. The highest BCUT2D eigenvalue weighted by Gasteiger charge is 2.17. The van der Waals surface area contributed by atoms with E-state index in [0.29, 0.717) is 18.6 Å². The van der Waals surface area contributed by atoms with E-state index < -0.39 is 4.92 Å². The van der Waals surface area contributed by atoms with Gasteiger partial charge in [-0.2, -0.15) is 0 Å². The fourth-order valence-corrected chi connectivity index (χ4v) is 1.50. The Morgan fingerprint density at radius 2 is 2.15 bits per heavy atom. The molecule has 0 aliphatic rings. The molecule has 0 aliphatic carbocycles. The minimum Gasteiger partial charge on any atom is -0.477 e. The molecule has 0 saturated carbocycles. The molecule has 0 amide bonds. The summed E-state index contributed by atoms with van der Waals surface area (Å²) in [5, 5.41) is 18.4. The number of hydrogen-bond donors (Lipinski definition) is 0. The summed E-state index contributed by atoms with van der Waals surface area (Å²) in [6, 6.07) is 3.94. The molecule has 0 N–H and O–H groups in total. The molecule has 1 aromatic heterocycles. The fourth-order valence-electron chi connectivity index (χ4n) is 1.50. The summed E-state index contributed by atoms with van der Waals surface area (Å²) in [6.45, 7) is 1.79. The van der Waals surface area contributed by atoms with E-state index in [2.05, 4.69) is 10.2 Å². The molecule has 0 saturated heterocycles. The number of aldehydes is 1. The normalized spacial score (nSPS) is 10.2. The zero-order valence-electron chi connectivity index (χ0n) is 10.6. The molecule has 0 fully saturated rings. The molecule has 1 aromatic carbocycles. The summed E-state index contributed by atoms with van der Waals surface area (Å²) < 4.78 is 10.5. The van der Waals surface area contributed by atoms with Gasteiger partial charge in [0.15, 0.2) is 12.4 Å². The number of nitro benzene ring substituents is 1. The Morgan fingerprint density at radius 1 is 1.40 bits per heavy atom. The van der Waals surface area contributed by atoms with Crippen molar-refractivity contribution in [3.63, 3.8) is 0 Å². The number of rotatable bonds is 6. The molecule has 0 bridgehead atoms. The number of ether oxygens (including phenoxy) is 1. The van der Waals surface area contributed by atoms with E-state index >= 15 is 0 Å². The molecule has 2 aromatic rings. The molecule has 104 valence electrons. The third-order valence-electron chi connectivity index (χ3n) is 2.48. The van der Waals surface area contributed by atoms with Crippen LogP contribution in [0.3, 0.4) is 0 Å². The van der Waals surface area contributed by atoms with Gasteiger partial charge in [0.1, 0.15) is 6.29 Å². The van der Waals surface area contributed by atoms with E-state index in [4.69, 9.17) is 9.15 Å². The van der Waals surface area contributed by atoms with Crippen LogP contribution in [0.4, 0.5) is 5.69 Å². The monoisotopic (exact) mass is 277 g/mol. The predicted octanol–water partition coefficient (Wildman–Crippen LogP) is 1.93. The average Bonchev–Trinajstić information content (AvgIpc) is 2.92. The molecule has 1 heterocycles. The Kier molecular flexibility index (Phi) is 4.04. The van der Waals surface area contributed by atoms with Crippen LogP contribution in [0.2, 0.25) is 0 Å². The van der Waals surface area contributed by atoms with Crippen molar-refractivity contribution in [3.05, 3.63) is 45.7 Å². The maximum absolute atomic E-state index is 10.9. The molecular formula is C12H11N3O5. The smallest absolute Gasteiger partial charge is 0.311 e. The number of nitro groups is 1. The Hall–Kier alpha value is -2.77. The fraction of sp³-hybridized carbons (Fsp3) is 0.250. The van der Waals surface area contributed by atoms with Gasteiger partial charge < -0.3 is 9.15 Å². The largest absolute Gasteiger partial charge is 0.477 e. The second kappa shape index (κ2) is 5.91. The summed E-state index contributed by atoms with van der Waals surface area (Å²) in [4.78, 5) is 20.9. The molecule has 2 rings (SSSR count). The van der Waals surface area contributed by atoms with Gasteiger partial charge in [-0.15, -0.1) is 10.2 Å². The standard InChI is InChI=1S/C12H11N3O5/c1-2-11-13-14-12(20-11)7-19-10-4-3-8(6-16)5-9(10)15(17)18/h3-6H,2,7H2,1H3. The summed E-state index contributed by atoms with van der Waals surface area (Å²) in [5.74, 6) is 0.738. The molecule has 0 radical (unpaired) electrons. The van der Waals surface area contributed by atoms with Gasteiger partial charge >= 0.3 is 5.69 Å². The average molecular weight is 277 g/mol. The summed E-state index contributed by atoms with van der Waals surface area (Å²) in [7, 11) is 0. The van der Waals surface area contributed by atoms with Gasteiger partial charge in [-0.05, 0) is 12.1 Å². The molecule has 0 atom stereocenters. The van der Waals surface area contributed by atoms with E-state index in [9.17, 15) is 14.9 Å². The van der Waals surface area contributed by atoms with Crippen LogP contribution in [0.1, 0.15) is 29.1 Å². The van der Waals surface area contributed by atoms with E-state index in [1.807, 2.05) is 6.92 Å². The number of nitrogens with zero attached hydrogens (tertiary/aromatic N) is 3. The van der Waals surface area contributed by atoms with Gasteiger partial charge in [-0.25, -0.2) is 0 Å². The van der Waals surface area contributed by atoms with Crippen molar-refractivity contribution in [2.24, 2.45) is 0 Å². The number of hydrogen-bond acceptors (Lipinski definition) is 7. The van der Waals surface area contributed by atoms with Crippen molar-refractivity contribution in [1.29, 1.82) is 0 Å². The Bertz CT molecular complexity index is 638. The van der Waals surface area contributed by atoms with Crippen molar-refractivity contribution in [2.45, 2.75) is 20.0 Å². The van der Waals surface area contributed by atoms with Crippen molar-refractivity contribution in [2.75, 3.05) is 0 Å². The maximum Gasteiger partial charge on any atom is 0.311 e. The zero-order valence-corrected chi connectivity index (χ0v) is 10.6. The number of benzene rings is 1. The summed E-state index contributed by atoms with van der Waals surface area (Å²) >= 11 is 0. The van der Waals surface area contributed by atoms with Crippen molar-refractivity contribution < 1.29 is 18.9 Å². The number of carbonyl (C=O) groups excluding carboxylic acids is 1. The van der Waals surface area contributed by atoms with Gasteiger partial charge in [0, 0.05) is 18.1 Å². The van der Waals surface area contributed by atoms with E-state index in [-0.39, 0.29) is 29.5 Å². The molecular weight excluding hydrogens is 266 g/mol. The van der Waals surface area contributed by atoms with Gasteiger partial charge in [0.05, 0.1) is 4.92 Å². The van der Waals surface area contributed by atoms with Crippen LogP contribution in [-0.4, -0.2) is 21.4 Å². The quantitative estimate of drug-likeness (QED) is 0.450. The molecule has 0 aliphatic heterocycles. The third-order valence-corrected chi connectivity index (χ3v) is 2.48. The molecule has 8 heteroatoms. The number of aromatic nitrogens is 2. The number of carbonyl (C=O) groups is 1. The van der Waals surface area contributed by atoms with Crippen LogP contribution in [0.5, 0.6) is 5.75 Å². The minimum atomic E-state index is -0.617. The van der Waals surface area contributed by atoms with Crippen LogP contribution >= 0.6 is 0 Å². The highest BCUT2D eigenvalue weighted by molar-refractivity contribution is 5.77. The molecule has 20 heavy (non-hydrogen) atoms. The lowest BCUT2D eigenvalue weighted by Gasteiger charge is -2.04. The second-order valence-electron chi connectivity index (χ2n) is 3.83. The van der Waals surface area contributed by atoms with E-state index in [1.165, 1.54) is 12.1 Å². The van der Waals surface area contributed by atoms with Crippen LogP contribution in [0, 0.1) is 10.1 Å². The highest BCUT2D eigenvalue weighted by Crippen LogP contribution is 2.28. The predicted molar refractivity (Wildman–Crippen MR) is 66.5 cm³/mol. The first kappa shape index (κ1) is 13.7. The maximum atomic E-state index is 10.9. The molecule has 0 spiro atoms. The van der Waals surface area contributed by atoms with Crippen molar-refractivity contribution in [1.82, 2.24) is 10.2 Å². The first-order valence-corrected chi connectivity index (χ1v) is 5.81. The van der Waals surface area contributed by atoms with Crippen molar-refractivity contribution in [3.8, 4) is 5.75 Å². The first-order chi connectivity index (χ1) is 9.63. The molecule has 8 nitrogen and oxygen atoms in total. The SMILES string of the molecule is CCc1nnc(COc2ccc(C=O)cc2[N+](=O)[O-])o1. The Balaban J connectivity index is 2.16. The zero-order chi connectivity index (χ0) is 14.5. The van der Waals surface area contributed by atoms with Crippen LogP contribution in [0.25, 0.3) is 0 Å². The minimum absolute atomic E-state index is 0.0387. The lowest BCUT2D eigenvalue weighted by molar-refractivity contribution is -0.386. The van der Waals surface area contributed by atoms with Crippen LogP contribution in [0.15, 0.2) is 22.6 Å². The third kappa shape index (κ3) is 2.97. The van der Waals surface area contributed by atoms with E-state index in [0.717, 1.165) is 6.07 Å². The van der Waals surface area contributed by atoms with Gasteiger partial charge in [0.2, 0.25) is 5.89 Å². The Morgan fingerprint density at radius 3 is 2.75 bits per heavy atom. The topological polar surface area (TPSA) is 108 Å². The summed E-state index contributed by atoms with van der Waals surface area (Å²) in [6.07, 6.45) is 1.13. The lowest BCUT2D eigenvalue weighted by Crippen LogP contribution is -2.00. The van der Waals surface area contributed by atoms with Gasteiger partial charge in [0.25, 0.3) is 5.89 Å². The van der Waals surface area contributed by atoms with Gasteiger partial charge in [-0.1, -0.05) is 6.92 Å². The highest BCUT2D eigenvalue weighted by atomic mass is 16.6. The second-order valence-corrected chi connectivity index (χ2v) is 3.83. The summed E-state index contributed by atoms with van der Waals surface area (Å²) in [5.41, 5.74) is -0.0834. The van der Waals surface area contributed by atoms with Crippen LogP contribution < -0.4 is 4.74 Å². The molecule has 0 unspecified atom stereocenters. The van der Waals surface area contributed by atoms with Crippen LogP contribution in [-0.2, 0) is 13.0 Å². The van der Waals surface area contributed by atoms with Gasteiger partial charge in [-0.3, -0.25) is 14.9 Å². The van der Waals surface area contributed by atoms with Crippen molar-refractivity contribution >= 4 is 12.0 Å². The Labute approximate surface area is 113 Å². The van der Waals surface area contributed by atoms with E-state index in [1.54, 1.807) is 0 Å².